The number of carboxylic acid groups (broad SMARTS) is 1. The minimum atomic E-state index is -2.55. The predicted molar refractivity (Wildman–Crippen MR) is 110 cm³/mol. The van der Waals surface area contributed by atoms with Crippen LogP contribution < -0.4 is 0 Å². The highest BCUT2D eigenvalue weighted by atomic mass is 19.2. The molecule has 0 amide bonds. The molecular weight excluding hydrogens is 441 g/mol. The van der Waals surface area contributed by atoms with Crippen LogP contribution in [0.1, 0.15) is 53.4 Å². The largest absolute Gasteiger partial charge is 0.481 e. The molecule has 33 heavy (non-hydrogen) atoms. The number of alkyl halides is 2. The number of ketones is 1. The molecule has 0 radical (unpaired) electrons. The maximum absolute atomic E-state index is 17.1. The number of fused-ring (bicyclic) bond motifs is 5. The Morgan fingerprint density at radius 1 is 1.21 bits per heavy atom. The second kappa shape index (κ2) is 7.17. The van der Waals surface area contributed by atoms with Crippen molar-refractivity contribution in [2.45, 2.75) is 76.9 Å². The molecule has 4 aliphatic carbocycles. The first-order valence-corrected chi connectivity index (χ1v) is 11.3. The van der Waals surface area contributed by atoms with Crippen molar-refractivity contribution in [1.29, 1.82) is 0 Å². The van der Waals surface area contributed by atoms with Crippen LogP contribution >= 0.6 is 0 Å². The van der Waals surface area contributed by atoms with Gasteiger partial charge < -0.3 is 14.9 Å². The molecule has 0 bridgehead atoms. The monoisotopic (exact) mass is 470 g/mol. The molecule has 0 saturated heterocycles. The first kappa shape index (κ1) is 24.0. The van der Waals surface area contributed by atoms with Crippen LogP contribution in [0, 0.1) is 28.6 Å². The summed E-state index contributed by atoms with van der Waals surface area (Å²) in [6, 6.07) is 0. The summed E-state index contributed by atoms with van der Waals surface area (Å²) in [6.07, 6.45) is -2.60. The van der Waals surface area contributed by atoms with Crippen molar-refractivity contribution in [2.75, 3.05) is 0 Å². The van der Waals surface area contributed by atoms with Crippen molar-refractivity contribution in [1.82, 2.24) is 0 Å². The normalized spacial score (nSPS) is 48.7. The number of carbonyl (C=O) groups excluding carboxylic acids is 2. The third-order valence-corrected chi connectivity index (χ3v) is 8.92. The molecule has 4 rings (SSSR count). The zero-order valence-electron chi connectivity index (χ0n) is 19.0. The van der Waals surface area contributed by atoms with Crippen LogP contribution in [0.2, 0.25) is 0 Å². The number of ether oxygens (including phenoxy) is 1. The molecule has 0 aromatic carbocycles. The zero-order chi connectivity index (χ0) is 24.7. The number of aliphatic hydroxyl groups excluding tert-OH is 1. The highest BCUT2D eigenvalue weighted by molar-refractivity contribution is 6.04. The molecule has 9 heteroatoms. The van der Waals surface area contributed by atoms with Gasteiger partial charge >= 0.3 is 11.9 Å². The average molecular weight is 470 g/mol. The Morgan fingerprint density at radius 2 is 1.85 bits per heavy atom. The number of halogens is 3. The number of hydrogen-bond acceptors (Lipinski definition) is 5. The van der Waals surface area contributed by atoms with E-state index < -0.39 is 87.7 Å². The first-order chi connectivity index (χ1) is 15.2. The lowest BCUT2D eigenvalue weighted by Crippen LogP contribution is -2.68. The molecule has 6 nitrogen and oxygen atoms in total. The highest BCUT2D eigenvalue weighted by Gasteiger charge is 2.76. The van der Waals surface area contributed by atoms with E-state index in [9.17, 15) is 29.0 Å². The Balaban J connectivity index is 1.87. The van der Waals surface area contributed by atoms with Crippen molar-refractivity contribution in [3.8, 4) is 0 Å². The summed E-state index contributed by atoms with van der Waals surface area (Å²) in [4.78, 5) is 36.4. The van der Waals surface area contributed by atoms with Gasteiger partial charge in [-0.05, 0) is 50.5 Å². The molecule has 0 aromatic rings. The van der Waals surface area contributed by atoms with Crippen LogP contribution in [0.3, 0.4) is 0 Å². The van der Waals surface area contributed by atoms with Crippen molar-refractivity contribution >= 4 is 17.7 Å². The zero-order valence-corrected chi connectivity index (χ0v) is 19.0. The average Bonchev–Trinajstić information content (AvgIpc) is 2.93. The van der Waals surface area contributed by atoms with Crippen LogP contribution in [0.4, 0.5) is 13.2 Å². The lowest BCUT2D eigenvalue weighted by molar-refractivity contribution is -0.206. The Kier molecular flexibility index (Phi) is 5.21. The second-order valence-corrected chi connectivity index (χ2v) is 10.7. The molecule has 2 N–H and O–H groups in total. The van der Waals surface area contributed by atoms with E-state index in [2.05, 4.69) is 0 Å². The molecule has 3 fully saturated rings. The van der Waals surface area contributed by atoms with Gasteiger partial charge in [0, 0.05) is 23.3 Å². The number of allylic oxidation sites excluding steroid dienone is 4. The molecule has 9 atom stereocenters. The van der Waals surface area contributed by atoms with Gasteiger partial charge in [0.25, 0.3) is 0 Å². The number of carbonyl (C=O) groups is 3. The Hall–Kier alpha value is -2.16. The van der Waals surface area contributed by atoms with Crippen LogP contribution in [-0.2, 0) is 19.1 Å². The van der Waals surface area contributed by atoms with Crippen LogP contribution in [0.15, 0.2) is 23.6 Å². The number of aliphatic carboxylic acids is 1. The maximum atomic E-state index is 17.1. The van der Waals surface area contributed by atoms with E-state index in [1.165, 1.54) is 13.8 Å². The number of hydrogen-bond donors (Lipinski definition) is 2. The Bertz CT molecular complexity index is 993. The van der Waals surface area contributed by atoms with Gasteiger partial charge in [-0.3, -0.25) is 14.4 Å². The topological polar surface area (TPSA) is 101 Å². The summed E-state index contributed by atoms with van der Waals surface area (Å²) in [7, 11) is 0. The fourth-order valence-corrected chi connectivity index (χ4v) is 7.62. The van der Waals surface area contributed by atoms with E-state index in [-0.39, 0.29) is 19.3 Å². The predicted octanol–water partition coefficient (Wildman–Crippen LogP) is 3.63. The highest BCUT2D eigenvalue weighted by Crippen LogP contribution is 2.71. The van der Waals surface area contributed by atoms with E-state index in [0.29, 0.717) is 0 Å². The summed E-state index contributed by atoms with van der Waals surface area (Å²) in [5.41, 5.74) is -7.78. The standard InChI is InChI=1S/C24H29F3O6/c1-5-16(30)33-23(4)9-12-11-8-13(25)17-18(26)14(28)6-7-22(17,3)24(11,27)15(29)10-21(12,2)19(23)20(31)32/h6-7,11-13,15,19,29H,5,8-10H2,1-4H3,(H,31,32)/t11-,12-,13-,15-,19+,21-,22-,23+,24-/m0/s1. The summed E-state index contributed by atoms with van der Waals surface area (Å²) >= 11 is 0. The van der Waals surface area contributed by atoms with Gasteiger partial charge in [0.1, 0.15) is 17.7 Å². The van der Waals surface area contributed by atoms with Gasteiger partial charge in [-0.25, -0.2) is 13.2 Å². The molecule has 4 aliphatic rings. The van der Waals surface area contributed by atoms with Crippen molar-refractivity contribution in [3.05, 3.63) is 23.6 Å². The lowest BCUT2D eigenvalue weighted by Gasteiger charge is -2.62. The molecule has 0 unspecified atom stereocenters. The van der Waals surface area contributed by atoms with Gasteiger partial charge in [0.2, 0.25) is 5.78 Å². The van der Waals surface area contributed by atoms with E-state index in [1.807, 2.05) is 0 Å². The minimum absolute atomic E-state index is 0.0132. The van der Waals surface area contributed by atoms with Gasteiger partial charge in [0.05, 0.1) is 6.10 Å². The molecule has 3 saturated carbocycles. The molecule has 0 heterocycles. The van der Waals surface area contributed by atoms with Gasteiger partial charge in [-0.1, -0.05) is 19.9 Å². The molecule has 0 spiro atoms. The second-order valence-electron chi connectivity index (χ2n) is 10.7. The summed E-state index contributed by atoms with van der Waals surface area (Å²) < 4.78 is 52.8. The van der Waals surface area contributed by atoms with Crippen molar-refractivity contribution in [3.63, 3.8) is 0 Å². The van der Waals surface area contributed by atoms with Gasteiger partial charge in [0.15, 0.2) is 11.5 Å². The fraction of sp³-hybridized carbons (Fsp3) is 0.708. The third kappa shape index (κ3) is 2.87. The minimum Gasteiger partial charge on any atom is -0.481 e. The fourth-order valence-electron chi connectivity index (χ4n) is 7.62. The molecule has 182 valence electrons. The van der Waals surface area contributed by atoms with Crippen molar-refractivity contribution < 1.29 is 42.5 Å². The number of esters is 1. The first-order valence-electron chi connectivity index (χ1n) is 11.3. The van der Waals surface area contributed by atoms with E-state index in [1.54, 1.807) is 13.8 Å². The summed E-state index contributed by atoms with van der Waals surface area (Å²) in [6.45, 7) is 5.93. The Morgan fingerprint density at radius 3 is 2.42 bits per heavy atom. The van der Waals surface area contributed by atoms with Crippen LogP contribution in [0.25, 0.3) is 0 Å². The molecule has 0 aliphatic heterocycles. The van der Waals surface area contributed by atoms with E-state index >= 15 is 8.78 Å². The summed E-state index contributed by atoms with van der Waals surface area (Å²) in [5.74, 6) is -7.48. The quantitative estimate of drug-likeness (QED) is 0.611. The number of carboxylic acids is 1. The molecular formula is C24H29F3O6. The smallest absolute Gasteiger partial charge is 0.311 e. The summed E-state index contributed by atoms with van der Waals surface area (Å²) in [5, 5.41) is 21.2. The van der Waals surface area contributed by atoms with Crippen LogP contribution in [0.5, 0.6) is 0 Å². The Labute approximate surface area is 189 Å². The SMILES string of the molecule is CCC(=O)O[C@]1(C)C[C@H]2[C@@H]3C[C@H](F)C4=C(F)C(=O)C=C[C@]4(C)[C@@]3(F)[C@@H](O)C[C@]2(C)[C@H]1C(=O)O. The number of aliphatic hydroxyl groups is 1. The van der Waals surface area contributed by atoms with E-state index in [4.69, 9.17) is 4.74 Å². The lowest BCUT2D eigenvalue weighted by atomic mass is 9.45. The van der Waals surface area contributed by atoms with Crippen molar-refractivity contribution in [2.24, 2.45) is 28.6 Å². The van der Waals surface area contributed by atoms with Gasteiger partial charge in [-0.2, -0.15) is 0 Å². The molecule has 0 aromatic heterocycles. The van der Waals surface area contributed by atoms with Crippen LogP contribution in [-0.4, -0.2) is 51.5 Å². The number of rotatable bonds is 3. The third-order valence-electron chi connectivity index (χ3n) is 8.92. The maximum Gasteiger partial charge on any atom is 0.311 e. The van der Waals surface area contributed by atoms with E-state index in [0.717, 1.165) is 12.2 Å². The van der Waals surface area contributed by atoms with Gasteiger partial charge in [-0.15, -0.1) is 0 Å².